The van der Waals surface area contributed by atoms with E-state index in [1.165, 1.54) is 0 Å². The number of aromatic amines is 1. The first-order valence-electron chi connectivity index (χ1n) is 6.02. The number of carbonyl (C=O) groups excluding carboxylic acids is 1. The van der Waals surface area contributed by atoms with Crippen molar-refractivity contribution in [1.29, 1.82) is 0 Å². The number of hydrogen-bond acceptors (Lipinski definition) is 3. The fraction of sp³-hybridized carbons (Fsp3) is 0.727. The molecule has 1 N–H and O–H groups in total. The van der Waals surface area contributed by atoms with E-state index in [0.29, 0.717) is 17.1 Å². The Balaban J connectivity index is 2.15. The first-order valence-corrected chi connectivity index (χ1v) is 6.43. The second-order valence-corrected chi connectivity index (χ2v) is 4.87. The average Bonchev–Trinajstić information content (AvgIpc) is 2.69. The van der Waals surface area contributed by atoms with Crippen LogP contribution in [0, 0.1) is 4.77 Å². The Labute approximate surface area is 106 Å². The van der Waals surface area contributed by atoms with Gasteiger partial charge in [0.05, 0.1) is 0 Å². The maximum Gasteiger partial charge on any atom is 0.222 e. The van der Waals surface area contributed by atoms with Crippen LogP contribution < -0.4 is 0 Å². The van der Waals surface area contributed by atoms with E-state index in [9.17, 15) is 4.79 Å². The first kappa shape index (κ1) is 12.3. The van der Waals surface area contributed by atoms with Crippen LogP contribution in [0.3, 0.4) is 0 Å². The number of aromatic nitrogens is 3. The van der Waals surface area contributed by atoms with Crippen molar-refractivity contribution in [3.05, 3.63) is 10.6 Å². The van der Waals surface area contributed by atoms with Crippen LogP contribution in [-0.2, 0) is 11.8 Å². The number of likely N-dealkylation sites (tertiary alicyclic amines) is 1. The smallest absolute Gasteiger partial charge is 0.222 e. The van der Waals surface area contributed by atoms with Gasteiger partial charge in [0.2, 0.25) is 5.91 Å². The molecule has 1 saturated heterocycles. The first-order chi connectivity index (χ1) is 8.13. The third-order valence-electron chi connectivity index (χ3n) is 3.36. The lowest BCUT2D eigenvalue weighted by atomic mass is 9.97. The van der Waals surface area contributed by atoms with Crippen LogP contribution in [0.25, 0.3) is 0 Å². The van der Waals surface area contributed by atoms with Gasteiger partial charge in [-0.3, -0.25) is 9.89 Å². The minimum atomic E-state index is 0.228. The molecule has 1 aromatic rings. The van der Waals surface area contributed by atoms with E-state index in [1.807, 2.05) is 23.4 Å². The number of nitrogens with one attached hydrogen (secondary N) is 1. The number of amides is 1. The molecule has 6 heteroatoms. The average molecular weight is 254 g/mol. The molecule has 0 saturated carbocycles. The summed E-state index contributed by atoms with van der Waals surface area (Å²) >= 11 is 5.11. The van der Waals surface area contributed by atoms with Crippen molar-refractivity contribution in [3.63, 3.8) is 0 Å². The number of rotatable bonds is 2. The molecule has 1 aliphatic rings. The fourth-order valence-electron chi connectivity index (χ4n) is 2.36. The quantitative estimate of drug-likeness (QED) is 0.816. The zero-order valence-electron chi connectivity index (χ0n) is 10.3. The van der Waals surface area contributed by atoms with Gasteiger partial charge in [0.1, 0.15) is 5.82 Å². The minimum Gasteiger partial charge on any atom is -0.342 e. The predicted octanol–water partition coefficient (Wildman–Crippen LogP) is 1.59. The lowest BCUT2D eigenvalue weighted by Crippen LogP contribution is -2.39. The summed E-state index contributed by atoms with van der Waals surface area (Å²) in [5, 5.41) is 7.07. The van der Waals surface area contributed by atoms with E-state index < -0.39 is 0 Å². The van der Waals surface area contributed by atoms with Gasteiger partial charge in [-0.05, 0) is 25.1 Å². The molecule has 1 amide bonds. The van der Waals surface area contributed by atoms with Crippen molar-refractivity contribution in [2.24, 2.45) is 7.05 Å². The van der Waals surface area contributed by atoms with Crippen LogP contribution in [0.4, 0.5) is 0 Å². The summed E-state index contributed by atoms with van der Waals surface area (Å²) in [4.78, 5) is 13.6. The number of H-pyrrole nitrogens is 1. The van der Waals surface area contributed by atoms with Crippen molar-refractivity contribution < 1.29 is 4.79 Å². The summed E-state index contributed by atoms with van der Waals surface area (Å²) in [5.74, 6) is 1.49. The van der Waals surface area contributed by atoms with Gasteiger partial charge in [-0.2, -0.15) is 5.10 Å². The van der Waals surface area contributed by atoms with Gasteiger partial charge in [-0.15, -0.1) is 0 Å². The van der Waals surface area contributed by atoms with E-state index in [1.54, 1.807) is 0 Å². The molecule has 0 bridgehead atoms. The number of hydrogen-bond donors (Lipinski definition) is 1. The molecule has 0 radical (unpaired) electrons. The lowest BCUT2D eigenvalue weighted by molar-refractivity contribution is -0.132. The van der Waals surface area contributed by atoms with Gasteiger partial charge < -0.3 is 9.47 Å². The van der Waals surface area contributed by atoms with E-state index in [0.717, 1.165) is 31.8 Å². The Morgan fingerprint density at radius 3 is 3.00 bits per heavy atom. The second kappa shape index (κ2) is 5.00. The van der Waals surface area contributed by atoms with Crippen molar-refractivity contribution in [1.82, 2.24) is 19.7 Å². The maximum atomic E-state index is 11.7. The minimum absolute atomic E-state index is 0.228. The Kier molecular flexibility index (Phi) is 3.61. The molecule has 0 spiro atoms. The van der Waals surface area contributed by atoms with Crippen molar-refractivity contribution >= 4 is 18.1 Å². The van der Waals surface area contributed by atoms with Crippen LogP contribution in [0.5, 0.6) is 0 Å². The summed E-state index contributed by atoms with van der Waals surface area (Å²) in [5.41, 5.74) is 0. The Morgan fingerprint density at radius 2 is 2.41 bits per heavy atom. The second-order valence-electron chi connectivity index (χ2n) is 4.48. The van der Waals surface area contributed by atoms with Crippen LogP contribution >= 0.6 is 12.2 Å². The van der Waals surface area contributed by atoms with Crippen LogP contribution in [0.15, 0.2) is 0 Å². The zero-order chi connectivity index (χ0) is 12.4. The fourth-order valence-corrected chi connectivity index (χ4v) is 2.50. The normalized spacial score (nSPS) is 20.6. The summed E-state index contributed by atoms with van der Waals surface area (Å²) in [6.45, 7) is 3.54. The third-order valence-corrected chi connectivity index (χ3v) is 3.72. The highest BCUT2D eigenvalue weighted by atomic mass is 32.1. The van der Waals surface area contributed by atoms with E-state index >= 15 is 0 Å². The van der Waals surface area contributed by atoms with Gasteiger partial charge >= 0.3 is 0 Å². The molecule has 0 unspecified atom stereocenters. The Bertz CT molecular complexity index is 464. The molecule has 1 atom stereocenters. The SMILES string of the molecule is CCC(=O)N1CCC[C@H](c2n[nH]c(=S)n2C)C1. The number of nitrogens with zero attached hydrogens (tertiary/aromatic N) is 3. The summed E-state index contributed by atoms with van der Waals surface area (Å²) < 4.78 is 2.54. The largest absolute Gasteiger partial charge is 0.342 e. The van der Waals surface area contributed by atoms with Gasteiger partial charge in [0.25, 0.3) is 0 Å². The van der Waals surface area contributed by atoms with Crippen molar-refractivity contribution in [2.45, 2.75) is 32.1 Å². The van der Waals surface area contributed by atoms with Gasteiger partial charge in [0, 0.05) is 32.5 Å². The topological polar surface area (TPSA) is 53.9 Å². The van der Waals surface area contributed by atoms with Gasteiger partial charge in [-0.1, -0.05) is 6.92 Å². The van der Waals surface area contributed by atoms with E-state index in [-0.39, 0.29) is 5.91 Å². The van der Waals surface area contributed by atoms with E-state index in [2.05, 4.69) is 10.2 Å². The molecular formula is C11H18N4OS. The Morgan fingerprint density at radius 1 is 1.65 bits per heavy atom. The molecule has 1 aliphatic heterocycles. The molecule has 94 valence electrons. The summed E-state index contributed by atoms with van der Waals surface area (Å²) in [7, 11) is 1.92. The molecule has 2 heterocycles. The summed E-state index contributed by atoms with van der Waals surface area (Å²) in [6, 6.07) is 0. The van der Waals surface area contributed by atoms with Crippen LogP contribution in [-0.4, -0.2) is 38.7 Å². The number of piperidine rings is 1. The standard InChI is InChI=1S/C11H18N4OS/c1-3-9(16)15-6-4-5-8(7-15)10-12-13-11(17)14(10)2/h8H,3-7H2,1-2H3,(H,13,17)/t8-/m0/s1. The van der Waals surface area contributed by atoms with Crippen molar-refractivity contribution in [3.8, 4) is 0 Å². The molecule has 0 aromatic carbocycles. The Hall–Kier alpha value is -1.17. The highest BCUT2D eigenvalue weighted by Crippen LogP contribution is 2.25. The highest BCUT2D eigenvalue weighted by molar-refractivity contribution is 7.71. The van der Waals surface area contributed by atoms with Crippen molar-refractivity contribution in [2.75, 3.05) is 13.1 Å². The van der Waals surface area contributed by atoms with Crippen LogP contribution in [0.2, 0.25) is 0 Å². The molecule has 2 rings (SSSR count). The molecular weight excluding hydrogens is 236 g/mol. The molecule has 17 heavy (non-hydrogen) atoms. The lowest BCUT2D eigenvalue weighted by Gasteiger charge is -2.32. The zero-order valence-corrected chi connectivity index (χ0v) is 11.1. The molecule has 0 aliphatic carbocycles. The highest BCUT2D eigenvalue weighted by Gasteiger charge is 2.26. The van der Waals surface area contributed by atoms with Gasteiger partial charge in [0.15, 0.2) is 4.77 Å². The maximum absolute atomic E-state index is 11.7. The third kappa shape index (κ3) is 2.41. The van der Waals surface area contributed by atoms with E-state index in [4.69, 9.17) is 12.2 Å². The van der Waals surface area contributed by atoms with Gasteiger partial charge in [-0.25, -0.2) is 0 Å². The summed E-state index contributed by atoms with van der Waals surface area (Å²) in [6.07, 6.45) is 2.68. The molecule has 5 nitrogen and oxygen atoms in total. The number of carbonyl (C=O) groups is 1. The monoisotopic (exact) mass is 254 g/mol. The molecule has 1 fully saturated rings. The predicted molar refractivity (Wildman–Crippen MR) is 67.2 cm³/mol. The molecule has 1 aromatic heterocycles. The van der Waals surface area contributed by atoms with Crippen LogP contribution in [0.1, 0.15) is 37.9 Å².